The van der Waals surface area contributed by atoms with Gasteiger partial charge >= 0.3 is 0 Å². The van der Waals surface area contributed by atoms with Gasteiger partial charge in [-0.3, -0.25) is 0 Å². The maximum atomic E-state index is 10.7. The highest BCUT2D eigenvalue weighted by Crippen LogP contribution is 2.06. The molecule has 0 fully saturated rings. The zero-order valence-electron chi connectivity index (χ0n) is 6.12. The summed E-state index contributed by atoms with van der Waals surface area (Å²) in [5, 5.41) is 0. The monoisotopic (exact) mass is 146 g/mol. The van der Waals surface area contributed by atoms with Crippen LogP contribution in [0.3, 0.4) is 0 Å². The normalized spacial score (nSPS) is 11.5. The molecule has 0 aromatic rings. The molecule has 0 saturated heterocycles. The summed E-state index contributed by atoms with van der Waals surface area (Å²) in [7, 11) is -2.17. The van der Waals surface area contributed by atoms with Crippen molar-refractivity contribution in [2.75, 3.05) is 0 Å². The van der Waals surface area contributed by atoms with Crippen molar-refractivity contribution in [3.8, 4) is 0 Å². The minimum Gasteiger partial charge on any atom is -0.389 e. The number of hydrogen-bond acceptors (Lipinski definition) is 1. The van der Waals surface area contributed by atoms with Gasteiger partial charge < -0.3 is 4.46 Å². The van der Waals surface area contributed by atoms with Crippen LogP contribution in [0.15, 0.2) is 0 Å². The van der Waals surface area contributed by atoms with Crippen molar-refractivity contribution in [1.29, 1.82) is 0 Å². The van der Waals surface area contributed by atoms with E-state index in [0.717, 1.165) is 5.67 Å². The van der Waals surface area contributed by atoms with E-state index in [1.54, 1.807) is 0 Å². The van der Waals surface area contributed by atoms with E-state index in [0.29, 0.717) is 0 Å². The van der Waals surface area contributed by atoms with Crippen molar-refractivity contribution in [3.63, 3.8) is 0 Å². The number of rotatable bonds is 2. The predicted octanol–water partition coefficient (Wildman–Crippen LogP) is 1.92. The fraction of sp³-hybridized carbons (Fsp3) is 1.00. The highest BCUT2D eigenvalue weighted by Gasteiger charge is 2.15. The Morgan fingerprint density at radius 2 is 1.75 bits per heavy atom. The summed E-state index contributed by atoms with van der Waals surface area (Å²) in [5.74, 6) is 0. The van der Waals surface area contributed by atoms with Crippen LogP contribution in [0.1, 0.15) is 0 Å². The van der Waals surface area contributed by atoms with Gasteiger partial charge in [-0.1, -0.05) is 19.6 Å². The fourth-order valence-corrected chi connectivity index (χ4v) is 6.72. The molecule has 0 aliphatic carbocycles. The molecular formula is C5H14OSi2. The Morgan fingerprint density at radius 1 is 1.38 bits per heavy atom. The Morgan fingerprint density at radius 3 is 1.75 bits per heavy atom. The second-order valence-corrected chi connectivity index (χ2v) is 11.4. The summed E-state index contributed by atoms with van der Waals surface area (Å²) in [6.07, 6.45) is 0. The Bertz CT molecular complexity index is 93.1. The van der Waals surface area contributed by atoms with E-state index in [9.17, 15) is 4.46 Å². The van der Waals surface area contributed by atoms with Gasteiger partial charge in [0, 0.05) is 8.07 Å². The summed E-state index contributed by atoms with van der Waals surface area (Å²) >= 11 is 0. The summed E-state index contributed by atoms with van der Waals surface area (Å²) in [6.45, 7) is 8.60. The third-order valence-electron chi connectivity index (χ3n) is 0.779. The Balaban J connectivity index is 3.55. The molecule has 0 saturated carbocycles. The minimum absolute atomic E-state index is 0.988. The standard InChI is InChI=1S/C5H14OSi2/c1-7(6)5-8(2,3)4/h5H2,1-4H3. The molecule has 0 heterocycles. The van der Waals surface area contributed by atoms with Crippen molar-refractivity contribution in [2.24, 2.45) is 0 Å². The smallest absolute Gasteiger partial charge is 0.270 e. The topological polar surface area (TPSA) is 17.1 Å². The van der Waals surface area contributed by atoms with Gasteiger partial charge in [0.15, 0.2) is 0 Å². The molecule has 0 aromatic carbocycles. The lowest BCUT2D eigenvalue weighted by molar-refractivity contribution is 0.567. The van der Waals surface area contributed by atoms with E-state index in [-0.39, 0.29) is 0 Å². The molecule has 0 radical (unpaired) electrons. The van der Waals surface area contributed by atoms with Gasteiger partial charge in [-0.2, -0.15) is 0 Å². The summed E-state index contributed by atoms with van der Waals surface area (Å²) in [6, 6.07) is 0. The lowest BCUT2D eigenvalue weighted by atomic mass is 11.7. The Hall–Kier alpha value is 0.234. The second-order valence-electron chi connectivity index (χ2n) is 3.44. The van der Waals surface area contributed by atoms with E-state index in [1.165, 1.54) is 0 Å². The van der Waals surface area contributed by atoms with Gasteiger partial charge in [0.1, 0.15) is 0 Å². The lowest BCUT2D eigenvalue weighted by Gasteiger charge is -2.10. The second kappa shape index (κ2) is 2.68. The van der Waals surface area contributed by atoms with Gasteiger partial charge in [0.25, 0.3) is 8.68 Å². The van der Waals surface area contributed by atoms with Crippen LogP contribution >= 0.6 is 0 Å². The van der Waals surface area contributed by atoms with E-state index >= 15 is 0 Å². The quantitative estimate of drug-likeness (QED) is 0.544. The summed E-state index contributed by atoms with van der Waals surface area (Å²) in [4.78, 5) is 0. The Kier molecular flexibility index (Phi) is 2.76. The van der Waals surface area contributed by atoms with Crippen LogP contribution in [-0.2, 0) is 4.46 Å². The van der Waals surface area contributed by atoms with Crippen molar-refractivity contribution in [3.05, 3.63) is 0 Å². The van der Waals surface area contributed by atoms with Crippen LogP contribution in [-0.4, -0.2) is 16.8 Å². The molecule has 0 aromatic heterocycles. The van der Waals surface area contributed by atoms with Crippen LogP contribution in [0, 0.1) is 0 Å². The molecule has 0 amide bonds. The predicted molar refractivity (Wildman–Crippen MR) is 40.5 cm³/mol. The summed E-state index contributed by atoms with van der Waals surface area (Å²) < 4.78 is 10.7. The summed E-state index contributed by atoms with van der Waals surface area (Å²) in [5.41, 5.74) is 1.01. The lowest BCUT2D eigenvalue weighted by Crippen LogP contribution is -2.23. The molecule has 0 aliphatic heterocycles. The molecule has 0 aliphatic rings. The molecule has 0 N–H and O–H groups in total. The molecule has 8 heavy (non-hydrogen) atoms. The molecule has 1 nitrogen and oxygen atoms in total. The molecule has 3 heteroatoms. The first-order valence-electron chi connectivity index (χ1n) is 2.91. The molecular weight excluding hydrogens is 132 g/mol. The highest BCUT2D eigenvalue weighted by atomic mass is 28.4. The van der Waals surface area contributed by atoms with Gasteiger partial charge in [-0.15, -0.1) is 0 Å². The minimum atomic E-state index is -1.18. The van der Waals surface area contributed by atoms with E-state index in [4.69, 9.17) is 0 Å². The van der Waals surface area contributed by atoms with E-state index < -0.39 is 16.8 Å². The zero-order chi connectivity index (χ0) is 6.78. The van der Waals surface area contributed by atoms with Crippen LogP contribution in [0.2, 0.25) is 31.9 Å². The first-order valence-corrected chi connectivity index (χ1v) is 8.73. The SMILES string of the molecule is C[Si](=O)C[Si](C)(C)C. The third-order valence-corrected chi connectivity index (χ3v) is 7.01. The van der Waals surface area contributed by atoms with Crippen LogP contribution < -0.4 is 0 Å². The first-order chi connectivity index (χ1) is 3.42. The van der Waals surface area contributed by atoms with Crippen LogP contribution in [0.4, 0.5) is 0 Å². The molecule has 0 unspecified atom stereocenters. The maximum Gasteiger partial charge on any atom is 0.270 e. The maximum absolute atomic E-state index is 10.7. The van der Waals surface area contributed by atoms with E-state index in [2.05, 4.69) is 19.6 Å². The van der Waals surface area contributed by atoms with Gasteiger partial charge in [0.05, 0.1) is 0 Å². The average molecular weight is 146 g/mol. The van der Waals surface area contributed by atoms with Crippen LogP contribution in [0.25, 0.3) is 0 Å². The molecule has 48 valence electrons. The van der Waals surface area contributed by atoms with Crippen molar-refractivity contribution in [2.45, 2.75) is 31.9 Å². The first kappa shape index (κ1) is 8.23. The van der Waals surface area contributed by atoms with Gasteiger partial charge in [-0.25, -0.2) is 0 Å². The van der Waals surface area contributed by atoms with Crippen molar-refractivity contribution < 1.29 is 4.46 Å². The van der Waals surface area contributed by atoms with Crippen molar-refractivity contribution in [1.82, 2.24) is 0 Å². The largest absolute Gasteiger partial charge is 0.389 e. The Labute approximate surface area is 53.8 Å². The van der Waals surface area contributed by atoms with Crippen molar-refractivity contribution >= 4 is 16.8 Å². The molecule has 0 spiro atoms. The van der Waals surface area contributed by atoms with Gasteiger partial charge in [-0.05, 0) is 12.2 Å². The zero-order valence-corrected chi connectivity index (χ0v) is 8.12. The molecule has 0 bridgehead atoms. The average Bonchev–Trinajstić information content (AvgIpc) is 1.21. The molecule has 0 rings (SSSR count). The highest BCUT2D eigenvalue weighted by molar-refractivity contribution is 6.84. The molecule has 0 atom stereocenters. The van der Waals surface area contributed by atoms with Crippen LogP contribution in [0.5, 0.6) is 0 Å². The number of hydrogen-bond donors (Lipinski definition) is 0. The van der Waals surface area contributed by atoms with Gasteiger partial charge in [0.2, 0.25) is 0 Å². The fourth-order valence-electron chi connectivity index (χ4n) is 0.747. The third kappa shape index (κ3) is 6.23. The van der Waals surface area contributed by atoms with E-state index in [1.807, 2.05) is 6.55 Å².